The summed E-state index contributed by atoms with van der Waals surface area (Å²) >= 11 is 0. The van der Waals surface area contributed by atoms with E-state index in [2.05, 4.69) is 191 Å². The Kier molecular flexibility index (Phi) is 57.0. The van der Waals surface area contributed by atoms with Crippen molar-refractivity contribution in [3.05, 3.63) is 170 Å². The van der Waals surface area contributed by atoms with Gasteiger partial charge in [0.1, 0.15) is 13.2 Å². The molecule has 0 radical (unpaired) electrons. The Bertz CT molecular complexity index is 1750. The molecule has 0 N–H and O–H groups in total. The van der Waals surface area contributed by atoms with E-state index in [1.54, 1.807) is 0 Å². The van der Waals surface area contributed by atoms with Gasteiger partial charge in [0, 0.05) is 19.3 Å². The van der Waals surface area contributed by atoms with Crippen LogP contribution >= 0.6 is 0 Å². The van der Waals surface area contributed by atoms with Crippen molar-refractivity contribution in [1.29, 1.82) is 0 Å². The predicted octanol–water partition coefficient (Wildman–Crippen LogP) is 20.3. The Hall–Kier alpha value is -5.23. The van der Waals surface area contributed by atoms with E-state index in [0.29, 0.717) is 12.8 Å². The highest BCUT2D eigenvalue weighted by molar-refractivity contribution is 5.71. The monoisotopic (exact) mass is 1030 g/mol. The van der Waals surface area contributed by atoms with Crippen molar-refractivity contribution in [1.82, 2.24) is 0 Å². The maximum Gasteiger partial charge on any atom is 0.306 e. The van der Waals surface area contributed by atoms with Crippen molar-refractivity contribution in [2.75, 3.05) is 13.2 Å². The summed E-state index contributed by atoms with van der Waals surface area (Å²) in [4.78, 5) is 38.2. The van der Waals surface area contributed by atoms with Crippen LogP contribution in [0.15, 0.2) is 170 Å². The van der Waals surface area contributed by atoms with E-state index in [9.17, 15) is 14.4 Å². The average Bonchev–Trinajstić information content (AvgIpc) is 3.41. The van der Waals surface area contributed by atoms with E-state index in [1.807, 2.05) is 0 Å². The van der Waals surface area contributed by atoms with E-state index < -0.39 is 6.10 Å². The number of allylic oxidation sites excluding steroid dienone is 28. The molecule has 0 saturated carbocycles. The summed E-state index contributed by atoms with van der Waals surface area (Å²) in [7, 11) is 0. The standard InChI is InChI=1S/C69H106O6/c1-4-7-10-13-16-19-22-25-27-29-31-33-34-36-37-39-41-44-47-50-53-56-59-62-68(71)74-65-66(64-73-67(70)61-58-55-52-49-46-43-24-21-18-15-12-9-6-3)75-69(72)63-60-57-54-51-48-45-42-40-38-35-32-30-28-26-23-20-17-14-11-8-5-2/h7-8,10-12,15-17,19-21,24-28,31-33,35-37,40-42,44,50,53,66H,4-6,9,13-14,18,22-23,29-30,34,38-39,43,45-49,51-52,54-65H2,1-3H3/b10-7-,11-8-,15-12-,19-16-,20-17-,24-21-,27-25-,28-26-,33-31-,35-32-,37-36-,42-40-,44-41-,53-50-. The first-order valence-electron chi connectivity index (χ1n) is 29.6. The van der Waals surface area contributed by atoms with Crippen molar-refractivity contribution in [2.45, 2.75) is 232 Å². The fourth-order valence-corrected chi connectivity index (χ4v) is 7.32. The van der Waals surface area contributed by atoms with Gasteiger partial charge >= 0.3 is 17.9 Å². The van der Waals surface area contributed by atoms with E-state index in [4.69, 9.17) is 14.2 Å². The van der Waals surface area contributed by atoms with Gasteiger partial charge in [-0.1, -0.05) is 236 Å². The molecule has 0 aliphatic rings. The first-order chi connectivity index (χ1) is 37.0. The molecule has 0 aliphatic carbocycles. The van der Waals surface area contributed by atoms with Gasteiger partial charge in [-0.3, -0.25) is 14.4 Å². The highest BCUT2D eigenvalue weighted by Gasteiger charge is 2.19. The lowest BCUT2D eigenvalue weighted by atomic mass is 10.1. The number of hydrogen-bond donors (Lipinski definition) is 0. The Balaban J connectivity index is 4.55. The van der Waals surface area contributed by atoms with E-state index in [1.165, 1.54) is 6.42 Å². The molecule has 0 rings (SSSR count). The Morgan fingerprint density at radius 1 is 0.280 bits per heavy atom. The summed E-state index contributed by atoms with van der Waals surface area (Å²) < 4.78 is 16.8. The van der Waals surface area contributed by atoms with Gasteiger partial charge in [0.05, 0.1) is 0 Å². The topological polar surface area (TPSA) is 78.9 Å². The fraction of sp³-hybridized carbons (Fsp3) is 0.551. The molecule has 0 saturated heterocycles. The fourth-order valence-electron chi connectivity index (χ4n) is 7.32. The summed E-state index contributed by atoms with van der Waals surface area (Å²) in [6, 6.07) is 0. The summed E-state index contributed by atoms with van der Waals surface area (Å²) in [5.74, 6) is -1.02. The van der Waals surface area contributed by atoms with E-state index in [0.717, 1.165) is 173 Å². The minimum atomic E-state index is -0.828. The first kappa shape index (κ1) is 69.8. The molecular weight excluding hydrogens is 925 g/mol. The normalized spacial score (nSPS) is 13.4. The zero-order valence-electron chi connectivity index (χ0n) is 47.7. The second-order valence-corrected chi connectivity index (χ2v) is 18.8. The number of rotatable bonds is 51. The molecule has 0 fully saturated rings. The summed E-state index contributed by atoms with van der Waals surface area (Å²) in [6.45, 7) is 6.25. The molecule has 418 valence electrons. The smallest absolute Gasteiger partial charge is 0.306 e. The van der Waals surface area contributed by atoms with Crippen LogP contribution in [0.5, 0.6) is 0 Å². The van der Waals surface area contributed by atoms with Crippen LogP contribution in [0.25, 0.3) is 0 Å². The molecule has 0 amide bonds. The molecule has 0 heterocycles. The number of hydrogen-bond acceptors (Lipinski definition) is 6. The maximum absolute atomic E-state index is 12.9. The largest absolute Gasteiger partial charge is 0.462 e. The van der Waals surface area contributed by atoms with Crippen LogP contribution in [-0.2, 0) is 28.6 Å². The predicted molar refractivity (Wildman–Crippen MR) is 325 cm³/mol. The summed E-state index contributed by atoms with van der Waals surface area (Å²) in [5, 5.41) is 0. The molecular formula is C69H106O6. The van der Waals surface area contributed by atoms with Gasteiger partial charge in [-0.15, -0.1) is 0 Å². The third-order valence-electron chi connectivity index (χ3n) is 11.7. The van der Waals surface area contributed by atoms with Gasteiger partial charge in [-0.05, 0) is 141 Å². The van der Waals surface area contributed by atoms with Gasteiger partial charge in [0.15, 0.2) is 6.10 Å². The van der Waals surface area contributed by atoms with Gasteiger partial charge in [0.2, 0.25) is 0 Å². The molecule has 75 heavy (non-hydrogen) atoms. The third kappa shape index (κ3) is 59.5. The molecule has 0 spiro atoms. The van der Waals surface area contributed by atoms with Gasteiger partial charge in [0.25, 0.3) is 0 Å². The quantitative estimate of drug-likeness (QED) is 0.0261. The van der Waals surface area contributed by atoms with E-state index >= 15 is 0 Å². The highest BCUT2D eigenvalue weighted by atomic mass is 16.6. The lowest BCUT2D eigenvalue weighted by Crippen LogP contribution is -2.30. The number of esters is 3. The van der Waals surface area contributed by atoms with Gasteiger partial charge < -0.3 is 14.2 Å². The number of carbonyl (C=O) groups excluding carboxylic acids is 3. The van der Waals surface area contributed by atoms with Crippen molar-refractivity contribution in [2.24, 2.45) is 0 Å². The Morgan fingerprint density at radius 2 is 0.533 bits per heavy atom. The van der Waals surface area contributed by atoms with Crippen LogP contribution in [0.2, 0.25) is 0 Å². The zero-order chi connectivity index (χ0) is 54.3. The second kappa shape index (κ2) is 61.3. The van der Waals surface area contributed by atoms with Crippen LogP contribution < -0.4 is 0 Å². The molecule has 0 aliphatic heterocycles. The molecule has 1 unspecified atom stereocenters. The van der Waals surface area contributed by atoms with Crippen LogP contribution in [0, 0.1) is 0 Å². The molecule has 0 aromatic heterocycles. The average molecular weight is 1030 g/mol. The van der Waals surface area contributed by atoms with Crippen LogP contribution in [0.3, 0.4) is 0 Å². The van der Waals surface area contributed by atoms with Crippen molar-refractivity contribution in [3.8, 4) is 0 Å². The molecule has 0 bridgehead atoms. The lowest BCUT2D eigenvalue weighted by molar-refractivity contribution is -0.167. The van der Waals surface area contributed by atoms with E-state index in [-0.39, 0.29) is 44.0 Å². The number of ether oxygens (including phenoxy) is 3. The van der Waals surface area contributed by atoms with Crippen LogP contribution in [-0.4, -0.2) is 37.2 Å². The Labute approximate surface area is 460 Å². The van der Waals surface area contributed by atoms with Crippen LogP contribution in [0.4, 0.5) is 0 Å². The van der Waals surface area contributed by atoms with Crippen LogP contribution in [0.1, 0.15) is 226 Å². The molecule has 1 atom stereocenters. The minimum Gasteiger partial charge on any atom is -0.462 e. The SMILES string of the molecule is CC/C=C\C/C=C\C/C=C\C/C=C\C/C=C\C/C=C\C/C=C\CCCC(=O)OCC(COC(=O)CCCCCCC/C=C\C/C=C\CCC)OC(=O)CCCCCCC/C=C\C/C=C\C/C=C\C/C=C\C/C=C\CC. The third-order valence-corrected chi connectivity index (χ3v) is 11.7. The zero-order valence-corrected chi connectivity index (χ0v) is 47.7. The molecule has 0 aromatic rings. The first-order valence-corrected chi connectivity index (χ1v) is 29.6. The lowest BCUT2D eigenvalue weighted by Gasteiger charge is -2.18. The highest BCUT2D eigenvalue weighted by Crippen LogP contribution is 2.12. The van der Waals surface area contributed by atoms with Crippen molar-refractivity contribution >= 4 is 17.9 Å². The second-order valence-electron chi connectivity index (χ2n) is 18.8. The van der Waals surface area contributed by atoms with Crippen molar-refractivity contribution < 1.29 is 28.6 Å². The molecule has 0 aromatic carbocycles. The summed E-state index contributed by atoms with van der Waals surface area (Å²) in [5.41, 5.74) is 0. The van der Waals surface area contributed by atoms with Crippen molar-refractivity contribution in [3.63, 3.8) is 0 Å². The minimum absolute atomic E-state index is 0.120. The maximum atomic E-state index is 12.9. The molecule has 6 nitrogen and oxygen atoms in total. The Morgan fingerprint density at radius 3 is 0.867 bits per heavy atom. The molecule has 6 heteroatoms. The van der Waals surface area contributed by atoms with Gasteiger partial charge in [-0.2, -0.15) is 0 Å². The number of unbranched alkanes of at least 4 members (excludes halogenated alkanes) is 12. The van der Waals surface area contributed by atoms with Gasteiger partial charge in [-0.25, -0.2) is 0 Å². The summed E-state index contributed by atoms with van der Waals surface area (Å²) in [6.07, 6.45) is 90.6. The number of carbonyl (C=O) groups is 3.